The molecular weight excluding hydrogens is 251 g/mol. The number of nitrogens with zero attached hydrogens (tertiary/aromatic N) is 1. The molecular formula is C17H25FN2. The Bertz CT molecular complexity index is 455. The first-order valence-corrected chi connectivity index (χ1v) is 7.80. The van der Waals surface area contributed by atoms with Gasteiger partial charge in [-0.3, -0.25) is 4.90 Å². The van der Waals surface area contributed by atoms with Crippen LogP contribution in [0.5, 0.6) is 0 Å². The predicted molar refractivity (Wildman–Crippen MR) is 80.3 cm³/mol. The van der Waals surface area contributed by atoms with Gasteiger partial charge in [-0.1, -0.05) is 12.1 Å². The maximum Gasteiger partial charge on any atom is 0.123 e. The van der Waals surface area contributed by atoms with Crippen LogP contribution in [0.3, 0.4) is 0 Å². The molecule has 1 N–H and O–H groups in total. The molecule has 2 atom stereocenters. The van der Waals surface area contributed by atoms with Crippen LogP contribution in [-0.4, -0.2) is 36.1 Å². The first-order valence-electron chi connectivity index (χ1n) is 7.80. The van der Waals surface area contributed by atoms with Crippen LogP contribution in [0.2, 0.25) is 0 Å². The van der Waals surface area contributed by atoms with Gasteiger partial charge in [-0.25, -0.2) is 4.39 Å². The Morgan fingerprint density at radius 1 is 1.30 bits per heavy atom. The third kappa shape index (κ3) is 3.04. The topological polar surface area (TPSA) is 15.3 Å². The lowest BCUT2D eigenvalue weighted by Gasteiger charge is -2.45. The van der Waals surface area contributed by atoms with Gasteiger partial charge >= 0.3 is 0 Å². The summed E-state index contributed by atoms with van der Waals surface area (Å²) in [6.07, 6.45) is 3.76. The van der Waals surface area contributed by atoms with Gasteiger partial charge in [-0.05, 0) is 56.7 Å². The van der Waals surface area contributed by atoms with E-state index in [1.54, 1.807) is 12.1 Å². The molecule has 110 valence electrons. The van der Waals surface area contributed by atoms with Crippen LogP contribution in [0.4, 0.5) is 4.39 Å². The summed E-state index contributed by atoms with van der Waals surface area (Å²) >= 11 is 0. The maximum atomic E-state index is 12.9. The Morgan fingerprint density at radius 2 is 2.00 bits per heavy atom. The highest BCUT2D eigenvalue weighted by Gasteiger charge is 2.45. The second-order valence-electron chi connectivity index (χ2n) is 6.77. The fraction of sp³-hybridized carbons (Fsp3) is 0.647. The molecule has 1 aliphatic carbocycles. The van der Waals surface area contributed by atoms with Crippen molar-refractivity contribution in [1.82, 2.24) is 10.2 Å². The molecule has 0 spiro atoms. The first-order chi connectivity index (χ1) is 9.57. The smallest absolute Gasteiger partial charge is 0.123 e. The number of halogens is 1. The van der Waals surface area contributed by atoms with Crippen molar-refractivity contribution in [3.05, 3.63) is 35.6 Å². The van der Waals surface area contributed by atoms with Crippen molar-refractivity contribution in [2.45, 2.75) is 44.7 Å². The fourth-order valence-electron chi connectivity index (χ4n) is 3.36. The molecule has 0 bridgehead atoms. The van der Waals surface area contributed by atoms with Crippen LogP contribution in [0.25, 0.3) is 0 Å². The Labute approximate surface area is 121 Å². The Kier molecular flexibility index (Phi) is 3.83. The van der Waals surface area contributed by atoms with E-state index in [1.165, 1.54) is 18.4 Å². The Balaban J connectivity index is 1.59. The van der Waals surface area contributed by atoms with Crippen molar-refractivity contribution in [1.29, 1.82) is 0 Å². The van der Waals surface area contributed by atoms with Gasteiger partial charge in [0.15, 0.2) is 0 Å². The summed E-state index contributed by atoms with van der Waals surface area (Å²) in [7, 11) is 0. The minimum absolute atomic E-state index is 0.148. The van der Waals surface area contributed by atoms with Crippen molar-refractivity contribution >= 4 is 0 Å². The molecule has 1 aromatic carbocycles. The highest BCUT2D eigenvalue weighted by atomic mass is 19.1. The van der Waals surface area contributed by atoms with Gasteiger partial charge in [0.05, 0.1) is 0 Å². The summed E-state index contributed by atoms with van der Waals surface area (Å²) in [6, 6.07) is 7.52. The predicted octanol–water partition coefficient (Wildman–Crippen LogP) is 2.83. The van der Waals surface area contributed by atoms with Crippen molar-refractivity contribution in [3.8, 4) is 0 Å². The lowest BCUT2D eigenvalue weighted by Crippen LogP contribution is -2.63. The average molecular weight is 276 g/mol. The molecule has 0 amide bonds. The second kappa shape index (κ2) is 5.45. The van der Waals surface area contributed by atoms with Crippen molar-refractivity contribution in [2.24, 2.45) is 5.92 Å². The molecule has 1 aliphatic heterocycles. The SMILES string of the molecule is CC1CNC(C)(C2CC2)CN1CCc1ccc(F)cc1. The van der Waals surface area contributed by atoms with Crippen LogP contribution in [-0.2, 0) is 6.42 Å². The van der Waals surface area contributed by atoms with Crippen LogP contribution in [0, 0.1) is 11.7 Å². The fourth-order valence-corrected chi connectivity index (χ4v) is 3.36. The van der Waals surface area contributed by atoms with Gasteiger partial charge in [0.2, 0.25) is 0 Å². The summed E-state index contributed by atoms with van der Waals surface area (Å²) in [4.78, 5) is 2.60. The van der Waals surface area contributed by atoms with Crippen LogP contribution < -0.4 is 5.32 Å². The average Bonchev–Trinajstić information content (AvgIpc) is 3.27. The Morgan fingerprint density at radius 3 is 2.65 bits per heavy atom. The Hall–Kier alpha value is -0.930. The van der Waals surface area contributed by atoms with Gasteiger partial charge in [0, 0.05) is 31.2 Å². The molecule has 2 nitrogen and oxygen atoms in total. The molecule has 0 aromatic heterocycles. The van der Waals surface area contributed by atoms with E-state index in [1.807, 2.05) is 12.1 Å². The van der Waals surface area contributed by atoms with Gasteiger partial charge in [-0.15, -0.1) is 0 Å². The number of rotatable bonds is 4. The molecule has 1 aromatic rings. The van der Waals surface area contributed by atoms with Gasteiger partial charge in [-0.2, -0.15) is 0 Å². The normalized spacial score (nSPS) is 31.4. The van der Waals surface area contributed by atoms with Gasteiger partial charge in [0.25, 0.3) is 0 Å². The van der Waals surface area contributed by atoms with Crippen LogP contribution >= 0.6 is 0 Å². The van der Waals surface area contributed by atoms with Crippen molar-refractivity contribution in [2.75, 3.05) is 19.6 Å². The minimum Gasteiger partial charge on any atom is -0.308 e. The number of hydrogen-bond acceptors (Lipinski definition) is 2. The van der Waals surface area contributed by atoms with E-state index in [2.05, 4.69) is 24.1 Å². The monoisotopic (exact) mass is 276 g/mol. The van der Waals surface area contributed by atoms with E-state index in [0.29, 0.717) is 11.6 Å². The summed E-state index contributed by atoms with van der Waals surface area (Å²) < 4.78 is 12.9. The van der Waals surface area contributed by atoms with Crippen LogP contribution in [0.15, 0.2) is 24.3 Å². The quantitative estimate of drug-likeness (QED) is 0.909. The van der Waals surface area contributed by atoms with Gasteiger partial charge in [0.1, 0.15) is 5.82 Å². The zero-order valence-electron chi connectivity index (χ0n) is 12.5. The largest absolute Gasteiger partial charge is 0.308 e. The van der Waals surface area contributed by atoms with E-state index in [-0.39, 0.29) is 5.82 Å². The number of benzene rings is 1. The summed E-state index contributed by atoms with van der Waals surface area (Å²) in [6.45, 7) is 7.96. The zero-order valence-corrected chi connectivity index (χ0v) is 12.5. The van der Waals surface area contributed by atoms with Crippen molar-refractivity contribution < 1.29 is 4.39 Å². The number of nitrogens with one attached hydrogen (secondary N) is 1. The van der Waals surface area contributed by atoms with E-state index in [0.717, 1.165) is 32.0 Å². The molecule has 0 radical (unpaired) electrons. The molecule has 1 heterocycles. The number of piperazine rings is 1. The lowest BCUT2D eigenvalue weighted by atomic mass is 9.91. The zero-order chi connectivity index (χ0) is 14.2. The molecule has 3 heteroatoms. The highest BCUT2D eigenvalue weighted by Crippen LogP contribution is 2.41. The second-order valence-corrected chi connectivity index (χ2v) is 6.77. The summed E-state index contributed by atoms with van der Waals surface area (Å²) in [5, 5.41) is 3.75. The third-order valence-corrected chi connectivity index (χ3v) is 5.04. The van der Waals surface area contributed by atoms with E-state index >= 15 is 0 Å². The van der Waals surface area contributed by atoms with E-state index in [4.69, 9.17) is 0 Å². The highest BCUT2D eigenvalue weighted by molar-refractivity contribution is 5.16. The molecule has 2 aliphatic rings. The van der Waals surface area contributed by atoms with E-state index < -0.39 is 0 Å². The maximum absolute atomic E-state index is 12.9. The van der Waals surface area contributed by atoms with Crippen molar-refractivity contribution in [3.63, 3.8) is 0 Å². The minimum atomic E-state index is -0.148. The third-order valence-electron chi connectivity index (χ3n) is 5.04. The van der Waals surface area contributed by atoms with Gasteiger partial charge < -0.3 is 5.32 Å². The molecule has 1 saturated heterocycles. The molecule has 1 saturated carbocycles. The standard InChI is InChI=1S/C17H25FN2/c1-13-11-19-17(2,15-5-6-15)12-20(13)10-9-14-3-7-16(18)8-4-14/h3-4,7-8,13,15,19H,5-6,9-12H2,1-2H3. The number of hydrogen-bond donors (Lipinski definition) is 1. The van der Waals surface area contributed by atoms with E-state index in [9.17, 15) is 4.39 Å². The lowest BCUT2D eigenvalue weighted by molar-refractivity contribution is 0.0844. The summed E-state index contributed by atoms with van der Waals surface area (Å²) in [5.74, 6) is 0.717. The van der Waals surface area contributed by atoms with Crippen LogP contribution in [0.1, 0.15) is 32.3 Å². The first kappa shape index (κ1) is 14.0. The molecule has 20 heavy (non-hydrogen) atoms. The molecule has 2 fully saturated rings. The molecule has 3 rings (SSSR count). The molecule has 2 unspecified atom stereocenters. The summed E-state index contributed by atoms with van der Waals surface area (Å²) in [5.41, 5.74) is 1.53.